The van der Waals surface area contributed by atoms with Crippen LogP contribution in [0.2, 0.25) is 0 Å². The van der Waals surface area contributed by atoms with Crippen molar-refractivity contribution in [3.05, 3.63) is 89.7 Å². The molecular weight excluding hydrogens is 270 g/mol. The van der Waals surface area contributed by atoms with Crippen LogP contribution < -0.4 is 0 Å². The van der Waals surface area contributed by atoms with Gasteiger partial charge in [0.15, 0.2) is 0 Å². The molecule has 3 aromatic rings. The van der Waals surface area contributed by atoms with Gasteiger partial charge in [0.2, 0.25) is 0 Å². The third-order valence-corrected chi connectivity index (χ3v) is 3.65. The molecule has 3 rings (SSSR count). The molecule has 2 nitrogen and oxygen atoms in total. The van der Waals surface area contributed by atoms with Crippen LogP contribution in [0.4, 0.5) is 0 Å². The minimum absolute atomic E-state index is 0.638. The van der Waals surface area contributed by atoms with E-state index in [-0.39, 0.29) is 0 Å². The lowest BCUT2D eigenvalue weighted by molar-refractivity contribution is 0.340. The molecular formula is C20H15NO. The van der Waals surface area contributed by atoms with Crippen molar-refractivity contribution in [1.82, 2.24) is 0 Å². The maximum atomic E-state index is 9.38. The first kappa shape index (κ1) is 13.9. The summed E-state index contributed by atoms with van der Waals surface area (Å²) in [5, 5.41) is 11.7. The summed E-state index contributed by atoms with van der Waals surface area (Å²) < 4.78 is 5.29. The molecule has 0 bridgehead atoms. The predicted molar refractivity (Wildman–Crippen MR) is 89.2 cm³/mol. The molecule has 0 unspecified atom stereocenters. The van der Waals surface area contributed by atoms with E-state index in [2.05, 4.69) is 30.3 Å². The Morgan fingerprint density at radius 2 is 1.59 bits per heavy atom. The van der Waals surface area contributed by atoms with E-state index in [1.165, 1.54) is 0 Å². The summed E-state index contributed by atoms with van der Waals surface area (Å²) in [5.74, 6) is 0. The summed E-state index contributed by atoms with van der Waals surface area (Å²) >= 11 is 0. The molecule has 0 fully saturated rings. The molecule has 106 valence electrons. The Balaban J connectivity index is 2.29. The number of rotatable bonds is 3. The lowest BCUT2D eigenvalue weighted by Gasteiger charge is -2.12. The maximum Gasteiger partial charge on any atom is 0.0998 e. The van der Waals surface area contributed by atoms with E-state index >= 15 is 0 Å². The Kier molecular flexibility index (Phi) is 3.89. The van der Waals surface area contributed by atoms with Gasteiger partial charge in [0.1, 0.15) is 0 Å². The highest BCUT2D eigenvalue weighted by atomic mass is 16.5. The Bertz CT molecular complexity index is 882. The van der Waals surface area contributed by atoms with Crippen molar-refractivity contribution in [1.29, 1.82) is 5.26 Å². The Hall–Kier alpha value is -3.05. The third-order valence-electron chi connectivity index (χ3n) is 3.65. The van der Waals surface area contributed by atoms with E-state index in [1.807, 2.05) is 42.5 Å². The number of benzene rings is 3. The number of fused-ring (bicyclic) bond motifs is 1. The molecule has 0 amide bonds. The van der Waals surface area contributed by atoms with Crippen molar-refractivity contribution in [2.24, 2.45) is 0 Å². The predicted octanol–water partition coefficient (Wildman–Crippen LogP) is 4.75. The van der Waals surface area contributed by atoms with Crippen LogP contribution in [-0.4, -0.2) is 7.11 Å². The van der Waals surface area contributed by atoms with Gasteiger partial charge in [-0.15, -0.1) is 0 Å². The smallest absolute Gasteiger partial charge is 0.0998 e. The summed E-state index contributed by atoms with van der Waals surface area (Å²) in [6.07, 6.45) is 1.71. The fourth-order valence-corrected chi connectivity index (χ4v) is 2.67. The van der Waals surface area contributed by atoms with Gasteiger partial charge < -0.3 is 4.74 Å². The van der Waals surface area contributed by atoms with Crippen LogP contribution in [0.5, 0.6) is 0 Å². The summed E-state index contributed by atoms with van der Waals surface area (Å²) in [6.45, 7) is 0. The highest BCUT2D eigenvalue weighted by Gasteiger charge is 2.12. The quantitative estimate of drug-likeness (QED) is 0.651. The van der Waals surface area contributed by atoms with Gasteiger partial charge in [0.25, 0.3) is 0 Å². The highest BCUT2D eigenvalue weighted by Crippen LogP contribution is 2.31. The molecule has 22 heavy (non-hydrogen) atoms. The number of hydrogen-bond acceptors (Lipinski definition) is 2. The number of hydrogen-bond donors (Lipinski definition) is 0. The zero-order valence-electron chi connectivity index (χ0n) is 12.3. The molecule has 0 radical (unpaired) electrons. The first-order chi connectivity index (χ1) is 10.8. The van der Waals surface area contributed by atoms with Gasteiger partial charge in [-0.25, -0.2) is 0 Å². The van der Waals surface area contributed by atoms with E-state index in [4.69, 9.17) is 4.74 Å². The van der Waals surface area contributed by atoms with Crippen molar-refractivity contribution in [3.63, 3.8) is 0 Å². The summed E-state index contributed by atoms with van der Waals surface area (Å²) in [6, 6.07) is 24.2. The topological polar surface area (TPSA) is 33.0 Å². The molecule has 0 saturated carbocycles. The number of nitrogens with zero attached hydrogens (tertiary/aromatic N) is 1. The van der Waals surface area contributed by atoms with Crippen molar-refractivity contribution >= 4 is 16.3 Å². The van der Waals surface area contributed by atoms with E-state index in [9.17, 15) is 5.26 Å². The number of ether oxygens (including phenoxy) is 1. The van der Waals surface area contributed by atoms with E-state index in [0.717, 1.165) is 27.5 Å². The molecule has 0 saturated heterocycles. The fraction of sp³-hybridized carbons (Fsp3) is 0.0500. The maximum absolute atomic E-state index is 9.38. The second-order valence-electron chi connectivity index (χ2n) is 4.95. The molecule has 2 heteroatoms. The van der Waals surface area contributed by atoms with E-state index in [0.29, 0.717) is 5.56 Å². The van der Waals surface area contributed by atoms with Gasteiger partial charge in [-0.2, -0.15) is 5.26 Å². The third kappa shape index (κ3) is 2.45. The van der Waals surface area contributed by atoms with Gasteiger partial charge in [0.05, 0.1) is 25.0 Å². The largest absolute Gasteiger partial charge is 0.504 e. The molecule has 0 aliphatic rings. The first-order valence-corrected chi connectivity index (χ1v) is 7.05. The van der Waals surface area contributed by atoms with Crippen molar-refractivity contribution in [3.8, 4) is 6.07 Å². The number of nitriles is 1. The summed E-state index contributed by atoms with van der Waals surface area (Å²) in [4.78, 5) is 0. The lowest BCUT2D eigenvalue weighted by atomic mass is 9.92. The van der Waals surface area contributed by atoms with Crippen LogP contribution in [0, 0.1) is 11.3 Å². The molecule has 0 aliphatic carbocycles. The monoisotopic (exact) mass is 285 g/mol. The molecule has 0 atom stereocenters. The van der Waals surface area contributed by atoms with Gasteiger partial charge >= 0.3 is 0 Å². The van der Waals surface area contributed by atoms with Crippen LogP contribution >= 0.6 is 0 Å². The molecule has 0 spiro atoms. The zero-order chi connectivity index (χ0) is 15.4. The minimum Gasteiger partial charge on any atom is -0.504 e. The normalized spacial score (nSPS) is 11.2. The Labute approximate surface area is 129 Å². The number of methoxy groups -OCH3 is 1. The summed E-state index contributed by atoms with van der Waals surface area (Å²) in [7, 11) is 1.63. The van der Waals surface area contributed by atoms with Crippen LogP contribution in [0.15, 0.2) is 73.0 Å². The molecule has 0 heterocycles. The van der Waals surface area contributed by atoms with Gasteiger partial charge in [-0.05, 0) is 22.4 Å². The Morgan fingerprint density at radius 3 is 2.41 bits per heavy atom. The van der Waals surface area contributed by atoms with Crippen LogP contribution in [0.3, 0.4) is 0 Å². The average molecular weight is 285 g/mol. The van der Waals surface area contributed by atoms with Gasteiger partial charge in [-0.1, -0.05) is 60.7 Å². The standard InChI is InChI=1S/C20H15NO/c1-22-14-20(18-11-5-3-8-16(18)13-21)19-12-6-9-15-7-2-4-10-17(15)19/h2-12,14H,1H3/b20-14-. The minimum atomic E-state index is 0.638. The van der Waals surface area contributed by atoms with E-state index < -0.39 is 0 Å². The average Bonchev–Trinajstić information content (AvgIpc) is 2.59. The van der Waals surface area contributed by atoms with Crippen LogP contribution in [0.25, 0.3) is 16.3 Å². The Morgan fingerprint density at radius 1 is 0.909 bits per heavy atom. The molecule has 0 aromatic heterocycles. The van der Waals surface area contributed by atoms with Crippen molar-refractivity contribution in [2.45, 2.75) is 0 Å². The lowest BCUT2D eigenvalue weighted by Crippen LogP contribution is -1.94. The van der Waals surface area contributed by atoms with Gasteiger partial charge in [-0.3, -0.25) is 0 Å². The second-order valence-corrected chi connectivity index (χ2v) is 4.95. The van der Waals surface area contributed by atoms with Crippen molar-refractivity contribution < 1.29 is 4.74 Å². The zero-order valence-corrected chi connectivity index (χ0v) is 12.3. The van der Waals surface area contributed by atoms with Crippen LogP contribution in [-0.2, 0) is 4.74 Å². The highest BCUT2D eigenvalue weighted by molar-refractivity contribution is 5.98. The fourth-order valence-electron chi connectivity index (χ4n) is 2.67. The SMILES string of the molecule is CO/C=C(/c1ccccc1C#N)c1cccc2ccccc12. The molecule has 0 N–H and O–H groups in total. The first-order valence-electron chi connectivity index (χ1n) is 7.05. The molecule has 0 aliphatic heterocycles. The molecule has 3 aromatic carbocycles. The van der Waals surface area contributed by atoms with Crippen LogP contribution in [0.1, 0.15) is 16.7 Å². The second kappa shape index (κ2) is 6.15. The van der Waals surface area contributed by atoms with E-state index in [1.54, 1.807) is 13.4 Å². The van der Waals surface area contributed by atoms with Crippen molar-refractivity contribution in [2.75, 3.05) is 7.11 Å². The van der Waals surface area contributed by atoms with Gasteiger partial charge in [0, 0.05) is 11.1 Å². The summed E-state index contributed by atoms with van der Waals surface area (Å²) in [5.41, 5.74) is 3.49.